The third-order valence-corrected chi connectivity index (χ3v) is 3.72. The predicted octanol–water partition coefficient (Wildman–Crippen LogP) is 1.32. The molecule has 0 radical (unpaired) electrons. The average molecular weight is 269 g/mol. The van der Waals surface area contributed by atoms with E-state index in [-0.39, 0.29) is 5.91 Å². The van der Waals surface area contributed by atoms with E-state index in [1.54, 1.807) is 6.20 Å². The first-order chi connectivity index (χ1) is 9.68. The van der Waals surface area contributed by atoms with Crippen LogP contribution in [-0.4, -0.2) is 34.3 Å². The highest BCUT2D eigenvalue weighted by atomic mass is 16.2. The van der Waals surface area contributed by atoms with Crippen LogP contribution in [0.1, 0.15) is 23.3 Å². The minimum atomic E-state index is -0.511. The minimum absolute atomic E-state index is 0.219. The van der Waals surface area contributed by atoms with Gasteiger partial charge >= 0.3 is 0 Å². The maximum absolute atomic E-state index is 12.6. The Bertz CT molecular complexity index is 678. The number of carbonyl (C=O) groups excluding carboxylic acids is 2. The van der Waals surface area contributed by atoms with E-state index in [4.69, 9.17) is 5.73 Å². The fraction of sp³-hybridized carbons (Fsp3) is 0.267. The number of hydrogen-bond donors (Lipinski definition) is 1. The number of benzene rings is 1. The summed E-state index contributed by atoms with van der Waals surface area (Å²) in [6, 6.07) is 8.94. The lowest BCUT2D eigenvalue weighted by Gasteiger charge is -2.22. The first-order valence-electron chi connectivity index (χ1n) is 6.62. The van der Waals surface area contributed by atoms with Crippen LogP contribution < -0.4 is 5.73 Å². The molecule has 1 saturated heterocycles. The molecule has 2 N–H and O–H groups in total. The summed E-state index contributed by atoms with van der Waals surface area (Å²) in [5.74, 6) is -0.667. The summed E-state index contributed by atoms with van der Waals surface area (Å²) < 4.78 is 0. The lowest BCUT2D eigenvalue weighted by molar-refractivity contribution is -0.121. The van der Waals surface area contributed by atoms with E-state index in [0.29, 0.717) is 18.7 Å². The Morgan fingerprint density at radius 1 is 1.25 bits per heavy atom. The van der Waals surface area contributed by atoms with Gasteiger partial charge in [-0.25, -0.2) is 0 Å². The van der Waals surface area contributed by atoms with Crippen LogP contribution in [0.3, 0.4) is 0 Å². The summed E-state index contributed by atoms with van der Waals surface area (Å²) in [6.07, 6.45) is 3.04. The van der Waals surface area contributed by atoms with Gasteiger partial charge in [-0.05, 0) is 24.3 Å². The Morgan fingerprint density at radius 2 is 2.05 bits per heavy atom. The first-order valence-corrected chi connectivity index (χ1v) is 6.62. The molecule has 1 aromatic heterocycles. The first kappa shape index (κ1) is 12.6. The highest BCUT2D eigenvalue weighted by Gasteiger charge is 2.34. The number of nitrogens with two attached hydrogens (primary N) is 1. The van der Waals surface area contributed by atoms with Crippen molar-refractivity contribution in [3.63, 3.8) is 0 Å². The second-order valence-corrected chi connectivity index (χ2v) is 4.94. The lowest BCUT2D eigenvalue weighted by atomic mass is 10.1. The van der Waals surface area contributed by atoms with Gasteiger partial charge in [-0.1, -0.05) is 24.3 Å². The summed E-state index contributed by atoms with van der Waals surface area (Å²) in [5, 5.41) is 1.76. The topological polar surface area (TPSA) is 76.3 Å². The van der Waals surface area contributed by atoms with E-state index < -0.39 is 11.9 Å². The molecule has 20 heavy (non-hydrogen) atoms. The highest BCUT2D eigenvalue weighted by Crippen LogP contribution is 2.23. The molecular weight excluding hydrogens is 254 g/mol. The molecule has 1 aromatic carbocycles. The van der Waals surface area contributed by atoms with Crippen molar-refractivity contribution in [2.24, 2.45) is 5.73 Å². The Kier molecular flexibility index (Phi) is 3.10. The number of nitrogens with zero attached hydrogens (tertiary/aromatic N) is 2. The van der Waals surface area contributed by atoms with Crippen LogP contribution in [0.2, 0.25) is 0 Å². The monoisotopic (exact) mass is 269 g/mol. The molecule has 1 fully saturated rings. The predicted molar refractivity (Wildman–Crippen MR) is 75.0 cm³/mol. The zero-order chi connectivity index (χ0) is 14.1. The molecule has 0 saturated carbocycles. The van der Waals surface area contributed by atoms with Gasteiger partial charge in [-0.2, -0.15) is 0 Å². The molecule has 0 spiro atoms. The average Bonchev–Trinajstić information content (AvgIpc) is 2.95. The molecule has 2 aromatic rings. The molecule has 1 atom stereocenters. The van der Waals surface area contributed by atoms with Gasteiger partial charge in [0.15, 0.2) is 0 Å². The lowest BCUT2D eigenvalue weighted by Crippen LogP contribution is -2.44. The van der Waals surface area contributed by atoms with Gasteiger partial charge < -0.3 is 10.6 Å². The summed E-state index contributed by atoms with van der Waals surface area (Å²) in [5.41, 5.74) is 5.75. The summed E-state index contributed by atoms with van der Waals surface area (Å²) in [7, 11) is 0. The van der Waals surface area contributed by atoms with Crippen LogP contribution >= 0.6 is 0 Å². The van der Waals surface area contributed by atoms with Crippen LogP contribution in [0, 0.1) is 0 Å². The molecular formula is C15H15N3O2. The van der Waals surface area contributed by atoms with Gasteiger partial charge in [0.1, 0.15) is 11.7 Å². The smallest absolute Gasteiger partial charge is 0.273 e. The normalized spacial score (nSPS) is 18.4. The maximum Gasteiger partial charge on any atom is 0.273 e. The highest BCUT2D eigenvalue weighted by molar-refractivity contribution is 6.06. The van der Waals surface area contributed by atoms with Crippen molar-refractivity contribution in [3.8, 4) is 0 Å². The number of likely N-dealkylation sites (tertiary alicyclic amines) is 1. The fourth-order valence-electron chi connectivity index (χ4n) is 2.73. The fourth-order valence-corrected chi connectivity index (χ4v) is 2.73. The van der Waals surface area contributed by atoms with E-state index in [9.17, 15) is 9.59 Å². The van der Waals surface area contributed by atoms with Gasteiger partial charge in [0.25, 0.3) is 5.91 Å². The second-order valence-electron chi connectivity index (χ2n) is 4.94. The Morgan fingerprint density at radius 3 is 2.85 bits per heavy atom. The van der Waals surface area contributed by atoms with E-state index in [0.717, 1.165) is 17.2 Å². The molecule has 5 nitrogen and oxygen atoms in total. The van der Waals surface area contributed by atoms with Crippen molar-refractivity contribution in [1.82, 2.24) is 9.88 Å². The van der Waals surface area contributed by atoms with Crippen molar-refractivity contribution in [2.45, 2.75) is 18.9 Å². The molecule has 1 unspecified atom stereocenters. The van der Waals surface area contributed by atoms with E-state index >= 15 is 0 Å². The van der Waals surface area contributed by atoms with Crippen molar-refractivity contribution in [2.75, 3.05) is 6.54 Å². The zero-order valence-corrected chi connectivity index (χ0v) is 11.0. The Labute approximate surface area is 116 Å². The number of rotatable bonds is 2. The number of amides is 2. The second kappa shape index (κ2) is 4.92. The number of hydrogen-bond acceptors (Lipinski definition) is 3. The van der Waals surface area contributed by atoms with Crippen LogP contribution in [0.4, 0.5) is 0 Å². The van der Waals surface area contributed by atoms with E-state index in [2.05, 4.69) is 4.98 Å². The Balaban J connectivity index is 2.03. The Hall–Kier alpha value is -2.43. The number of aromatic nitrogens is 1. The van der Waals surface area contributed by atoms with Crippen LogP contribution in [0.15, 0.2) is 36.5 Å². The standard InChI is InChI=1S/C15H15N3O2/c16-14(19)12-6-3-9-18(12)15(20)13-11-5-2-1-4-10(11)7-8-17-13/h1-2,4-5,7-8,12H,3,6,9H2,(H2,16,19). The van der Waals surface area contributed by atoms with Crippen molar-refractivity contribution in [1.29, 1.82) is 0 Å². The van der Waals surface area contributed by atoms with Crippen molar-refractivity contribution < 1.29 is 9.59 Å². The minimum Gasteiger partial charge on any atom is -0.368 e. The van der Waals surface area contributed by atoms with Crippen LogP contribution in [0.25, 0.3) is 10.8 Å². The molecule has 3 rings (SSSR count). The molecule has 2 heterocycles. The molecule has 0 bridgehead atoms. The van der Waals surface area contributed by atoms with Gasteiger partial charge in [0, 0.05) is 18.1 Å². The number of fused-ring (bicyclic) bond motifs is 1. The van der Waals surface area contributed by atoms with E-state index in [1.807, 2.05) is 30.3 Å². The summed E-state index contributed by atoms with van der Waals surface area (Å²) >= 11 is 0. The van der Waals surface area contributed by atoms with Crippen LogP contribution in [-0.2, 0) is 4.79 Å². The zero-order valence-electron chi connectivity index (χ0n) is 11.0. The number of primary amides is 1. The molecule has 5 heteroatoms. The number of pyridine rings is 1. The SMILES string of the molecule is NC(=O)C1CCCN1C(=O)c1nccc2ccccc12. The molecule has 0 aliphatic carbocycles. The van der Waals surface area contributed by atoms with Crippen molar-refractivity contribution >= 4 is 22.6 Å². The quantitative estimate of drug-likeness (QED) is 0.893. The molecule has 2 amide bonds. The van der Waals surface area contributed by atoms with Crippen molar-refractivity contribution in [3.05, 3.63) is 42.2 Å². The van der Waals surface area contributed by atoms with Crippen LogP contribution in [0.5, 0.6) is 0 Å². The van der Waals surface area contributed by atoms with Gasteiger partial charge in [0.2, 0.25) is 5.91 Å². The molecule has 1 aliphatic rings. The van der Waals surface area contributed by atoms with Gasteiger partial charge in [-0.3, -0.25) is 14.6 Å². The molecule has 1 aliphatic heterocycles. The third-order valence-electron chi connectivity index (χ3n) is 3.72. The van der Waals surface area contributed by atoms with Gasteiger partial charge in [0.05, 0.1) is 0 Å². The number of carbonyl (C=O) groups is 2. The summed E-state index contributed by atoms with van der Waals surface area (Å²) in [4.78, 5) is 29.8. The van der Waals surface area contributed by atoms with E-state index in [1.165, 1.54) is 4.90 Å². The third kappa shape index (κ3) is 2.01. The summed E-state index contributed by atoms with van der Waals surface area (Å²) in [6.45, 7) is 0.553. The van der Waals surface area contributed by atoms with Gasteiger partial charge in [-0.15, -0.1) is 0 Å². The maximum atomic E-state index is 12.6. The molecule has 102 valence electrons. The largest absolute Gasteiger partial charge is 0.368 e.